The second-order valence-corrected chi connectivity index (χ2v) is 3.64. The van der Waals surface area contributed by atoms with Gasteiger partial charge in [0.25, 0.3) is 0 Å². The Morgan fingerprint density at radius 3 is 2.75 bits per heavy atom. The van der Waals surface area contributed by atoms with Crippen LogP contribution in [0.15, 0.2) is 24.3 Å². The van der Waals surface area contributed by atoms with E-state index in [1.165, 1.54) is 0 Å². The Morgan fingerprint density at radius 1 is 1.31 bits per heavy atom. The Labute approximate surface area is 94.8 Å². The van der Waals surface area contributed by atoms with E-state index < -0.39 is 0 Å². The zero-order chi connectivity index (χ0) is 11.2. The third kappa shape index (κ3) is 2.96. The van der Waals surface area contributed by atoms with E-state index >= 15 is 0 Å². The Morgan fingerprint density at radius 2 is 2.12 bits per heavy atom. The van der Waals surface area contributed by atoms with E-state index in [-0.39, 0.29) is 6.10 Å². The summed E-state index contributed by atoms with van der Waals surface area (Å²) in [7, 11) is 0. The first-order valence-corrected chi connectivity index (χ1v) is 5.32. The van der Waals surface area contributed by atoms with Gasteiger partial charge in [-0.2, -0.15) is 5.26 Å². The molecule has 1 heterocycles. The number of rotatable bonds is 3. The molecule has 1 aromatic rings. The van der Waals surface area contributed by atoms with E-state index in [1.54, 1.807) is 12.1 Å². The van der Waals surface area contributed by atoms with Gasteiger partial charge in [-0.1, -0.05) is 0 Å². The molecular weight excluding hydrogens is 204 g/mol. The summed E-state index contributed by atoms with van der Waals surface area (Å²) in [5, 5.41) is 11.9. The van der Waals surface area contributed by atoms with E-state index in [0.29, 0.717) is 25.4 Å². The molecule has 1 aromatic carbocycles. The van der Waals surface area contributed by atoms with Gasteiger partial charge in [-0.3, -0.25) is 0 Å². The summed E-state index contributed by atoms with van der Waals surface area (Å²) in [6.07, 6.45) is 0.115. The van der Waals surface area contributed by atoms with Crippen molar-refractivity contribution in [2.24, 2.45) is 0 Å². The van der Waals surface area contributed by atoms with E-state index in [0.717, 1.165) is 12.2 Å². The second-order valence-electron chi connectivity index (χ2n) is 3.64. The number of nitriles is 1. The number of benzene rings is 1. The molecule has 2 rings (SSSR count). The third-order valence-corrected chi connectivity index (χ3v) is 2.43. The molecule has 0 aliphatic carbocycles. The second kappa shape index (κ2) is 5.50. The number of hydrogen-bond donors (Lipinski definition) is 1. The number of ether oxygens (including phenoxy) is 2. The van der Waals surface area contributed by atoms with Crippen molar-refractivity contribution in [1.82, 2.24) is 0 Å². The molecule has 0 aromatic heterocycles. The number of nitrogens with one attached hydrogen (secondary N) is 1. The Bertz CT molecular complexity index is 364. The van der Waals surface area contributed by atoms with Gasteiger partial charge in [0.2, 0.25) is 0 Å². The summed E-state index contributed by atoms with van der Waals surface area (Å²) in [5.74, 6) is 0. The van der Waals surface area contributed by atoms with Crippen molar-refractivity contribution in [3.05, 3.63) is 29.8 Å². The van der Waals surface area contributed by atoms with Gasteiger partial charge in [0, 0.05) is 12.2 Å². The predicted molar refractivity (Wildman–Crippen MR) is 60.2 cm³/mol. The molecule has 16 heavy (non-hydrogen) atoms. The van der Waals surface area contributed by atoms with Gasteiger partial charge >= 0.3 is 0 Å². The summed E-state index contributed by atoms with van der Waals surface area (Å²) in [6, 6.07) is 9.45. The van der Waals surface area contributed by atoms with Crippen molar-refractivity contribution >= 4 is 5.69 Å². The van der Waals surface area contributed by atoms with Gasteiger partial charge in [0.05, 0.1) is 37.6 Å². The molecular formula is C12H14N2O2. The fourth-order valence-electron chi connectivity index (χ4n) is 1.55. The van der Waals surface area contributed by atoms with Gasteiger partial charge in [-0.25, -0.2) is 0 Å². The first kappa shape index (κ1) is 10.9. The molecule has 1 unspecified atom stereocenters. The number of hydrogen-bond acceptors (Lipinski definition) is 4. The minimum atomic E-state index is 0.115. The van der Waals surface area contributed by atoms with Crippen LogP contribution >= 0.6 is 0 Å². The Hall–Kier alpha value is -1.57. The maximum Gasteiger partial charge on any atom is 0.0991 e. The smallest absolute Gasteiger partial charge is 0.0991 e. The average Bonchev–Trinajstić information content (AvgIpc) is 2.38. The van der Waals surface area contributed by atoms with Crippen LogP contribution in [0.4, 0.5) is 5.69 Å². The Kier molecular flexibility index (Phi) is 3.76. The summed E-state index contributed by atoms with van der Waals surface area (Å²) in [5.41, 5.74) is 1.66. The molecule has 1 fully saturated rings. The third-order valence-electron chi connectivity index (χ3n) is 2.43. The molecule has 4 heteroatoms. The molecule has 1 aliphatic rings. The standard InChI is InChI=1S/C12H14N2O2/c13-7-10-1-3-11(4-2-10)14-8-12-9-15-5-6-16-12/h1-4,12,14H,5-6,8-9H2. The van der Waals surface area contributed by atoms with Crippen molar-refractivity contribution < 1.29 is 9.47 Å². The first-order valence-electron chi connectivity index (χ1n) is 5.32. The van der Waals surface area contributed by atoms with E-state index in [9.17, 15) is 0 Å². The largest absolute Gasteiger partial charge is 0.382 e. The molecule has 1 N–H and O–H groups in total. The van der Waals surface area contributed by atoms with Crippen molar-refractivity contribution in [2.45, 2.75) is 6.10 Å². The minimum absolute atomic E-state index is 0.115. The monoisotopic (exact) mass is 218 g/mol. The molecule has 0 saturated carbocycles. The van der Waals surface area contributed by atoms with Crippen LogP contribution in [-0.4, -0.2) is 32.5 Å². The van der Waals surface area contributed by atoms with Crippen molar-refractivity contribution in [3.63, 3.8) is 0 Å². The van der Waals surface area contributed by atoms with Crippen LogP contribution < -0.4 is 5.32 Å². The molecule has 0 spiro atoms. The van der Waals surface area contributed by atoms with Crippen LogP contribution in [0.25, 0.3) is 0 Å². The van der Waals surface area contributed by atoms with Crippen LogP contribution in [0.3, 0.4) is 0 Å². The van der Waals surface area contributed by atoms with Crippen molar-refractivity contribution in [1.29, 1.82) is 5.26 Å². The van der Waals surface area contributed by atoms with Gasteiger partial charge in [-0.15, -0.1) is 0 Å². The van der Waals surface area contributed by atoms with Gasteiger partial charge in [0.15, 0.2) is 0 Å². The summed E-state index contributed by atoms with van der Waals surface area (Å²) < 4.78 is 10.8. The van der Waals surface area contributed by atoms with Gasteiger partial charge < -0.3 is 14.8 Å². The number of anilines is 1. The number of nitrogens with zero attached hydrogens (tertiary/aromatic N) is 1. The van der Waals surface area contributed by atoms with E-state index in [1.807, 2.05) is 12.1 Å². The zero-order valence-electron chi connectivity index (χ0n) is 8.98. The quantitative estimate of drug-likeness (QED) is 0.832. The lowest BCUT2D eigenvalue weighted by Gasteiger charge is -2.23. The van der Waals surface area contributed by atoms with Crippen LogP contribution in [0.1, 0.15) is 5.56 Å². The highest BCUT2D eigenvalue weighted by Crippen LogP contribution is 2.09. The van der Waals surface area contributed by atoms with Gasteiger partial charge in [0.1, 0.15) is 0 Å². The van der Waals surface area contributed by atoms with E-state index in [4.69, 9.17) is 14.7 Å². The molecule has 0 bridgehead atoms. The molecule has 1 saturated heterocycles. The van der Waals surface area contributed by atoms with Crippen LogP contribution in [0, 0.1) is 11.3 Å². The average molecular weight is 218 g/mol. The lowest BCUT2D eigenvalue weighted by Crippen LogP contribution is -2.34. The highest BCUT2D eigenvalue weighted by molar-refractivity contribution is 5.47. The van der Waals surface area contributed by atoms with Crippen molar-refractivity contribution in [2.75, 3.05) is 31.7 Å². The fraction of sp³-hybridized carbons (Fsp3) is 0.417. The molecule has 1 aliphatic heterocycles. The van der Waals surface area contributed by atoms with Gasteiger partial charge in [-0.05, 0) is 24.3 Å². The molecule has 0 amide bonds. The topological polar surface area (TPSA) is 54.3 Å². The maximum atomic E-state index is 8.66. The van der Waals surface area contributed by atoms with Crippen molar-refractivity contribution in [3.8, 4) is 6.07 Å². The highest BCUT2D eigenvalue weighted by Gasteiger charge is 2.13. The van der Waals surface area contributed by atoms with Crippen LogP contribution in [0.5, 0.6) is 0 Å². The molecule has 84 valence electrons. The van der Waals surface area contributed by atoms with Crippen LogP contribution in [-0.2, 0) is 9.47 Å². The predicted octanol–water partition coefficient (Wildman–Crippen LogP) is 1.39. The summed E-state index contributed by atoms with van der Waals surface area (Å²) in [4.78, 5) is 0. The maximum absolute atomic E-state index is 8.66. The Balaban J connectivity index is 1.82. The normalized spacial score (nSPS) is 20.1. The highest BCUT2D eigenvalue weighted by atomic mass is 16.6. The van der Waals surface area contributed by atoms with Crippen LogP contribution in [0.2, 0.25) is 0 Å². The minimum Gasteiger partial charge on any atom is -0.382 e. The SMILES string of the molecule is N#Cc1ccc(NCC2COCCO2)cc1. The lowest BCUT2D eigenvalue weighted by molar-refractivity contribution is -0.0818. The summed E-state index contributed by atoms with van der Waals surface area (Å²) >= 11 is 0. The molecule has 1 atom stereocenters. The zero-order valence-corrected chi connectivity index (χ0v) is 8.98. The lowest BCUT2D eigenvalue weighted by atomic mass is 10.2. The fourth-order valence-corrected chi connectivity index (χ4v) is 1.55. The molecule has 0 radical (unpaired) electrons. The van der Waals surface area contributed by atoms with E-state index in [2.05, 4.69) is 11.4 Å². The summed E-state index contributed by atoms with van der Waals surface area (Å²) in [6.45, 7) is 2.72. The molecule has 4 nitrogen and oxygen atoms in total. The first-order chi connectivity index (χ1) is 7.88.